The molecule has 0 aliphatic rings. The van der Waals surface area contributed by atoms with Crippen LogP contribution in [-0.2, 0) is 9.53 Å². The fraction of sp³-hybridized carbons (Fsp3) is 0.250. The molecular weight excluding hydrogens is 330 g/mol. The van der Waals surface area contributed by atoms with E-state index in [0.717, 1.165) is 28.2 Å². The number of fused-ring (bicyclic) bond motifs is 1. The fourth-order valence-corrected chi connectivity index (χ4v) is 2.66. The lowest BCUT2D eigenvalue weighted by Gasteiger charge is -2.20. The molecule has 0 fully saturated rings. The SMILES string of the molecule is CCOC(=O)COc1ccc(N(C)c2nc(C)nc3ccccc23)cc1. The van der Waals surface area contributed by atoms with E-state index < -0.39 is 0 Å². The Kier molecular flexibility index (Phi) is 5.31. The molecule has 1 aromatic heterocycles. The maximum absolute atomic E-state index is 11.4. The van der Waals surface area contributed by atoms with Gasteiger partial charge in [0, 0.05) is 18.1 Å². The van der Waals surface area contributed by atoms with Gasteiger partial charge < -0.3 is 14.4 Å². The van der Waals surface area contributed by atoms with Gasteiger partial charge in [0.15, 0.2) is 6.61 Å². The van der Waals surface area contributed by atoms with Gasteiger partial charge in [-0.05, 0) is 50.2 Å². The zero-order valence-electron chi connectivity index (χ0n) is 15.1. The molecule has 134 valence electrons. The maximum Gasteiger partial charge on any atom is 0.344 e. The first-order valence-corrected chi connectivity index (χ1v) is 8.44. The second kappa shape index (κ2) is 7.82. The van der Waals surface area contributed by atoms with Crippen LogP contribution in [0, 0.1) is 6.92 Å². The summed E-state index contributed by atoms with van der Waals surface area (Å²) in [5, 5.41) is 0.989. The standard InChI is InChI=1S/C20H21N3O3/c1-4-25-19(24)13-26-16-11-9-15(10-12-16)23(3)20-17-7-5-6-8-18(17)21-14(2)22-20/h5-12H,4,13H2,1-3H3. The van der Waals surface area contributed by atoms with Gasteiger partial charge in [-0.1, -0.05) is 12.1 Å². The first-order valence-electron chi connectivity index (χ1n) is 8.44. The Morgan fingerprint density at radius 3 is 2.54 bits per heavy atom. The van der Waals surface area contributed by atoms with E-state index in [2.05, 4.69) is 9.97 Å². The summed E-state index contributed by atoms with van der Waals surface area (Å²) >= 11 is 0. The van der Waals surface area contributed by atoms with Gasteiger partial charge >= 0.3 is 5.97 Å². The van der Waals surface area contributed by atoms with Crippen LogP contribution >= 0.6 is 0 Å². The number of hydrogen-bond donors (Lipinski definition) is 0. The van der Waals surface area contributed by atoms with E-state index in [9.17, 15) is 4.79 Å². The van der Waals surface area contributed by atoms with Gasteiger partial charge in [0.05, 0.1) is 12.1 Å². The van der Waals surface area contributed by atoms with Crippen LogP contribution in [0.5, 0.6) is 5.75 Å². The van der Waals surface area contributed by atoms with Crippen molar-refractivity contribution in [2.24, 2.45) is 0 Å². The van der Waals surface area contributed by atoms with E-state index in [1.54, 1.807) is 6.92 Å². The number of aromatic nitrogens is 2. The molecule has 0 bridgehead atoms. The van der Waals surface area contributed by atoms with Gasteiger partial charge in [0.25, 0.3) is 0 Å². The zero-order valence-corrected chi connectivity index (χ0v) is 15.1. The summed E-state index contributed by atoms with van der Waals surface area (Å²) in [6.45, 7) is 3.90. The third-order valence-electron chi connectivity index (χ3n) is 3.90. The summed E-state index contributed by atoms with van der Waals surface area (Å²) in [4.78, 5) is 22.5. The van der Waals surface area contributed by atoms with Crippen molar-refractivity contribution >= 4 is 28.4 Å². The number of aryl methyl sites for hydroxylation is 1. The van der Waals surface area contributed by atoms with Crippen molar-refractivity contribution in [2.45, 2.75) is 13.8 Å². The van der Waals surface area contributed by atoms with Gasteiger partial charge in [0.1, 0.15) is 17.4 Å². The largest absolute Gasteiger partial charge is 0.482 e. The van der Waals surface area contributed by atoms with Gasteiger partial charge in [-0.3, -0.25) is 0 Å². The fourth-order valence-electron chi connectivity index (χ4n) is 2.66. The van der Waals surface area contributed by atoms with E-state index >= 15 is 0 Å². The molecule has 0 spiro atoms. The number of nitrogens with zero attached hydrogens (tertiary/aromatic N) is 3. The monoisotopic (exact) mass is 351 g/mol. The van der Waals surface area contributed by atoms with Crippen LogP contribution in [0.2, 0.25) is 0 Å². The highest BCUT2D eigenvalue weighted by Crippen LogP contribution is 2.29. The highest BCUT2D eigenvalue weighted by Gasteiger charge is 2.12. The normalized spacial score (nSPS) is 10.6. The minimum absolute atomic E-state index is 0.0984. The zero-order chi connectivity index (χ0) is 18.5. The topological polar surface area (TPSA) is 64.6 Å². The minimum atomic E-state index is -0.378. The van der Waals surface area contributed by atoms with Crippen molar-refractivity contribution in [3.63, 3.8) is 0 Å². The van der Waals surface area contributed by atoms with E-state index in [1.807, 2.05) is 67.4 Å². The molecule has 0 aliphatic heterocycles. The number of esters is 1. The molecule has 26 heavy (non-hydrogen) atoms. The predicted molar refractivity (Wildman–Crippen MR) is 101 cm³/mol. The first-order chi connectivity index (χ1) is 12.6. The number of benzene rings is 2. The number of anilines is 2. The van der Waals surface area contributed by atoms with Crippen LogP contribution in [0.25, 0.3) is 10.9 Å². The van der Waals surface area contributed by atoms with Crippen LogP contribution < -0.4 is 9.64 Å². The number of carbonyl (C=O) groups is 1. The van der Waals surface area contributed by atoms with Crippen molar-refractivity contribution in [3.8, 4) is 5.75 Å². The van der Waals surface area contributed by atoms with Gasteiger partial charge in [-0.2, -0.15) is 0 Å². The molecule has 6 nitrogen and oxygen atoms in total. The third kappa shape index (κ3) is 3.91. The Hall–Kier alpha value is -3.15. The van der Waals surface area contributed by atoms with Crippen molar-refractivity contribution in [2.75, 3.05) is 25.2 Å². The highest BCUT2D eigenvalue weighted by molar-refractivity contribution is 5.91. The van der Waals surface area contributed by atoms with Gasteiger partial charge in [0.2, 0.25) is 0 Å². The molecule has 0 saturated heterocycles. The maximum atomic E-state index is 11.4. The molecule has 1 heterocycles. The Morgan fingerprint density at radius 1 is 1.08 bits per heavy atom. The van der Waals surface area contributed by atoms with Crippen molar-refractivity contribution < 1.29 is 14.3 Å². The average Bonchev–Trinajstić information content (AvgIpc) is 2.66. The Labute approximate surface area is 152 Å². The van der Waals surface area contributed by atoms with Crippen LogP contribution in [0.15, 0.2) is 48.5 Å². The summed E-state index contributed by atoms with van der Waals surface area (Å²) in [5.74, 6) is 1.80. The molecule has 3 aromatic rings. The summed E-state index contributed by atoms with van der Waals surface area (Å²) in [5.41, 5.74) is 1.87. The second-order valence-electron chi connectivity index (χ2n) is 5.76. The van der Waals surface area contributed by atoms with Crippen LogP contribution in [-0.4, -0.2) is 36.2 Å². The lowest BCUT2D eigenvalue weighted by atomic mass is 10.2. The smallest absolute Gasteiger partial charge is 0.344 e. The summed E-state index contributed by atoms with van der Waals surface area (Å²) in [6.07, 6.45) is 0. The minimum Gasteiger partial charge on any atom is -0.482 e. The van der Waals surface area contributed by atoms with E-state index in [-0.39, 0.29) is 12.6 Å². The summed E-state index contributed by atoms with van der Waals surface area (Å²) in [7, 11) is 1.96. The number of para-hydroxylation sites is 1. The lowest BCUT2D eigenvalue weighted by Crippen LogP contribution is -2.15. The van der Waals surface area contributed by atoms with Gasteiger partial charge in [-0.25, -0.2) is 14.8 Å². The molecule has 0 amide bonds. The molecule has 0 N–H and O–H groups in total. The Balaban J connectivity index is 1.80. The average molecular weight is 351 g/mol. The number of hydrogen-bond acceptors (Lipinski definition) is 6. The Morgan fingerprint density at radius 2 is 1.81 bits per heavy atom. The van der Waals surface area contributed by atoms with Crippen molar-refractivity contribution in [1.29, 1.82) is 0 Å². The molecule has 0 saturated carbocycles. The number of carbonyl (C=O) groups excluding carboxylic acids is 1. The van der Waals surface area contributed by atoms with Crippen LogP contribution in [0.4, 0.5) is 11.5 Å². The number of rotatable bonds is 6. The molecule has 6 heteroatoms. The Bertz CT molecular complexity index is 910. The highest BCUT2D eigenvalue weighted by atomic mass is 16.6. The summed E-state index contributed by atoms with van der Waals surface area (Å²) < 4.78 is 10.3. The lowest BCUT2D eigenvalue weighted by molar-refractivity contribution is -0.145. The van der Waals surface area contributed by atoms with Crippen LogP contribution in [0.3, 0.4) is 0 Å². The van der Waals surface area contributed by atoms with Crippen molar-refractivity contribution in [1.82, 2.24) is 9.97 Å². The molecular formula is C20H21N3O3. The summed E-state index contributed by atoms with van der Waals surface area (Å²) in [6, 6.07) is 15.4. The molecule has 3 rings (SSSR count). The van der Waals surface area contributed by atoms with E-state index in [0.29, 0.717) is 12.4 Å². The third-order valence-corrected chi connectivity index (χ3v) is 3.90. The van der Waals surface area contributed by atoms with Crippen LogP contribution in [0.1, 0.15) is 12.7 Å². The molecule has 0 unspecified atom stereocenters. The first kappa shape index (κ1) is 17.7. The quantitative estimate of drug-likeness (QED) is 0.632. The molecule has 0 aliphatic carbocycles. The molecule has 0 atom stereocenters. The predicted octanol–water partition coefficient (Wildman–Crippen LogP) is 3.65. The van der Waals surface area contributed by atoms with Gasteiger partial charge in [-0.15, -0.1) is 0 Å². The molecule has 0 radical (unpaired) electrons. The number of ether oxygens (including phenoxy) is 2. The van der Waals surface area contributed by atoms with E-state index in [4.69, 9.17) is 9.47 Å². The van der Waals surface area contributed by atoms with E-state index in [1.165, 1.54) is 0 Å². The second-order valence-corrected chi connectivity index (χ2v) is 5.76. The molecule has 2 aromatic carbocycles. The van der Waals surface area contributed by atoms with Crippen molar-refractivity contribution in [3.05, 3.63) is 54.4 Å².